The Morgan fingerprint density at radius 2 is 1.67 bits per heavy atom. The standard InChI is InChI=1S/C16H16N2O3/c17-14(10-11-4-2-1-3-5-11)15(19)18-13-8-6-12(7-9-13)16(20)21/h1-9,14H,10,17H2,(H,18,19)(H,20,21)/t14-/m1/s1. The number of carbonyl (C=O) groups excluding carboxylic acids is 1. The van der Waals surface area contributed by atoms with Gasteiger partial charge in [-0.3, -0.25) is 4.79 Å². The summed E-state index contributed by atoms with van der Waals surface area (Å²) in [6, 6.07) is 14.8. The van der Waals surface area contributed by atoms with Crippen LogP contribution in [-0.4, -0.2) is 23.0 Å². The van der Waals surface area contributed by atoms with Crippen LogP contribution in [0.4, 0.5) is 5.69 Å². The first-order valence-corrected chi connectivity index (χ1v) is 6.50. The third-order valence-corrected chi connectivity index (χ3v) is 3.03. The van der Waals surface area contributed by atoms with Crippen LogP contribution >= 0.6 is 0 Å². The van der Waals surface area contributed by atoms with Gasteiger partial charge in [0.05, 0.1) is 11.6 Å². The summed E-state index contributed by atoms with van der Waals surface area (Å²) in [6.07, 6.45) is 0.444. The third kappa shape index (κ3) is 4.15. The number of aromatic carboxylic acids is 1. The average molecular weight is 284 g/mol. The summed E-state index contributed by atoms with van der Waals surface area (Å²) in [5.74, 6) is -1.31. The van der Waals surface area contributed by atoms with Crippen LogP contribution in [0, 0.1) is 0 Å². The van der Waals surface area contributed by atoms with E-state index in [1.807, 2.05) is 30.3 Å². The third-order valence-electron chi connectivity index (χ3n) is 3.03. The Morgan fingerprint density at radius 3 is 2.24 bits per heavy atom. The maximum absolute atomic E-state index is 12.0. The summed E-state index contributed by atoms with van der Waals surface area (Å²) >= 11 is 0. The minimum Gasteiger partial charge on any atom is -0.478 e. The van der Waals surface area contributed by atoms with E-state index in [2.05, 4.69) is 5.32 Å². The van der Waals surface area contributed by atoms with E-state index in [1.165, 1.54) is 24.3 Å². The summed E-state index contributed by atoms with van der Waals surface area (Å²) in [7, 11) is 0. The smallest absolute Gasteiger partial charge is 0.335 e. The van der Waals surface area contributed by atoms with Crippen molar-refractivity contribution in [3.8, 4) is 0 Å². The quantitative estimate of drug-likeness (QED) is 0.781. The predicted octanol–water partition coefficient (Wildman–Crippen LogP) is 1.89. The molecular weight excluding hydrogens is 268 g/mol. The number of anilines is 1. The van der Waals surface area contributed by atoms with Gasteiger partial charge in [0.2, 0.25) is 5.91 Å². The molecule has 5 nitrogen and oxygen atoms in total. The highest BCUT2D eigenvalue weighted by atomic mass is 16.4. The lowest BCUT2D eigenvalue weighted by molar-refractivity contribution is -0.117. The van der Waals surface area contributed by atoms with Gasteiger partial charge in [-0.05, 0) is 36.2 Å². The van der Waals surface area contributed by atoms with Crippen LogP contribution in [0.3, 0.4) is 0 Å². The van der Waals surface area contributed by atoms with Crippen LogP contribution in [0.1, 0.15) is 15.9 Å². The summed E-state index contributed by atoms with van der Waals surface area (Å²) < 4.78 is 0. The zero-order chi connectivity index (χ0) is 15.2. The second-order valence-electron chi connectivity index (χ2n) is 4.67. The van der Waals surface area contributed by atoms with Crippen molar-refractivity contribution in [2.45, 2.75) is 12.5 Å². The fourth-order valence-corrected chi connectivity index (χ4v) is 1.89. The van der Waals surface area contributed by atoms with Gasteiger partial charge < -0.3 is 16.2 Å². The van der Waals surface area contributed by atoms with Crippen molar-refractivity contribution in [1.29, 1.82) is 0 Å². The minimum absolute atomic E-state index is 0.168. The zero-order valence-corrected chi connectivity index (χ0v) is 11.3. The molecule has 2 rings (SSSR count). The molecule has 0 aromatic heterocycles. The summed E-state index contributed by atoms with van der Waals surface area (Å²) in [4.78, 5) is 22.7. The Kier molecular flexibility index (Phi) is 4.68. The molecule has 2 aromatic rings. The molecule has 0 radical (unpaired) electrons. The van der Waals surface area contributed by atoms with Crippen molar-refractivity contribution in [3.63, 3.8) is 0 Å². The molecule has 0 heterocycles. The largest absolute Gasteiger partial charge is 0.478 e. The lowest BCUT2D eigenvalue weighted by atomic mass is 10.1. The number of rotatable bonds is 5. The van der Waals surface area contributed by atoms with Gasteiger partial charge in [-0.15, -0.1) is 0 Å². The van der Waals surface area contributed by atoms with Crippen molar-refractivity contribution in [2.24, 2.45) is 5.73 Å². The van der Waals surface area contributed by atoms with Crippen LogP contribution in [0.25, 0.3) is 0 Å². The maximum atomic E-state index is 12.0. The van der Waals surface area contributed by atoms with Gasteiger partial charge >= 0.3 is 5.97 Å². The zero-order valence-electron chi connectivity index (χ0n) is 11.3. The average Bonchev–Trinajstić information content (AvgIpc) is 2.48. The first kappa shape index (κ1) is 14.7. The molecule has 2 aromatic carbocycles. The van der Waals surface area contributed by atoms with E-state index in [0.717, 1.165) is 5.56 Å². The van der Waals surface area contributed by atoms with Gasteiger partial charge in [-0.2, -0.15) is 0 Å². The number of carbonyl (C=O) groups is 2. The number of hydrogen-bond acceptors (Lipinski definition) is 3. The normalized spacial score (nSPS) is 11.7. The number of benzene rings is 2. The molecule has 21 heavy (non-hydrogen) atoms. The molecule has 0 unspecified atom stereocenters. The van der Waals surface area contributed by atoms with Crippen molar-refractivity contribution < 1.29 is 14.7 Å². The van der Waals surface area contributed by atoms with Gasteiger partial charge in [0.1, 0.15) is 0 Å². The SMILES string of the molecule is N[C@H](Cc1ccccc1)C(=O)Nc1ccc(C(=O)O)cc1. The molecule has 0 aliphatic carbocycles. The van der Waals surface area contributed by atoms with Gasteiger partial charge in [0, 0.05) is 5.69 Å². The molecule has 5 heteroatoms. The number of nitrogens with two attached hydrogens (primary N) is 1. The van der Waals surface area contributed by atoms with Crippen LogP contribution in [0.15, 0.2) is 54.6 Å². The molecule has 0 saturated carbocycles. The molecule has 0 saturated heterocycles. The molecule has 0 aliphatic heterocycles. The molecule has 1 atom stereocenters. The number of hydrogen-bond donors (Lipinski definition) is 3. The van der Waals surface area contributed by atoms with E-state index in [9.17, 15) is 9.59 Å². The van der Waals surface area contributed by atoms with E-state index in [1.54, 1.807) is 0 Å². The van der Waals surface area contributed by atoms with Gasteiger partial charge in [-0.25, -0.2) is 4.79 Å². The molecule has 0 fully saturated rings. The minimum atomic E-state index is -1.01. The second kappa shape index (κ2) is 6.67. The number of carboxylic acids is 1. The Bertz CT molecular complexity index is 624. The number of carboxylic acid groups (broad SMARTS) is 1. The van der Waals surface area contributed by atoms with Crippen molar-refractivity contribution in [3.05, 3.63) is 65.7 Å². The molecule has 108 valence electrons. The fourth-order valence-electron chi connectivity index (χ4n) is 1.89. The monoisotopic (exact) mass is 284 g/mol. The Labute approximate surface area is 122 Å². The highest BCUT2D eigenvalue weighted by Gasteiger charge is 2.14. The van der Waals surface area contributed by atoms with E-state index in [-0.39, 0.29) is 11.5 Å². The van der Waals surface area contributed by atoms with Gasteiger partial charge in [0.15, 0.2) is 0 Å². The van der Waals surface area contributed by atoms with E-state index >= 15 is 0 Å². The lowest BCUT2D eigenvalue weighted by Crippen LogP contribution is -2.37. The highest BCUT2D eigenvalue weighted by Crippen LogP contribution is 2.10. The van der Waals surface area contributed by atoms with E-state index in [0.29, 0.717) is 12.1 Å². The molecule has 1 amide bonds. The lowest BCUT2D eigenvalue weighted by Gasteiger charge is -2.12. The maximum Gasteiger partial charge on any atom is 0.335 e. The second-order valence-corrected chi connectivity index (χ2v) is 4.67. The van der Waals surface area contributed by atoms with Crippen LogP contribution < -0.4 is 11.1 Å². The summed E-state index contributed by atoms with van der Waals surface area (Å²) in [6.45, 7) is 0. The first-order valence-electron chi connectivity index (χ1n) is 6.50. The Balaban J connectivity index is 1.95. The molecule has 4 N–H and O–H groups in total. The van der Waals surface area contributed by atoms with Crippen molar-refractivity contribution >= 4 is 17.6 Å². The molecule has 0 aliphatic rings. The summed E-state index contributed by atoms with van der Waals surface area (Å²) in [5, 5.41) is 11.5. The topological polar surface area (TPSA) is 92.4 Å². The van der Waals surface area contributed by atoms with E-state index in [4.69, 9.17) is 10.8 Å². The predicted molar refractivity (Wildman–Crippen MR) is 80.2 cm³/mol. The van der Waals surface area contributed by atoms with Crippen LogP contribution in [0.2, 0.25) is 0 Å². The van der Waals surface area contributed by atoms with E-state index < -0.39 is 12.0 Å². The van der Waals surface area contributed by atoms with Crippen molar-refractivity contribution in [1.82, 2.24) is 0 Å². The van der Waals surface area contributed by atoms with Gasteiger partial charge in [0.25, 0.3) is 0 Å². The highest BCUT2D eigenvalue weighted by molar-refractivity contribution is 5.95. The molecular formula is C16H16N2O3. The molecule has 0 spiro atoms. The van der Waals surface area contributed by atoms with Crippen LogP contribution in [0.5, 0.6) is 0 Å². The summed E-state index contributed by atoms with van der Waals surface area (Å²) in [5.41, 5.74) is 7.55. The van der Waals surface area contributed by atoms with Crippen molar-refractivity contribution in [2.75, 3.05) is 5.32 Å². The Hall–Kier alpha value is -2.66. The van der Waals surface area contributed by atoms with Crippen LogP contribution in [-0.2, 0) is 11.2 Å². The molecule has 0 bridgehead atoms. The first-order chi connectivity index (χ1) is 10.1. The number of amides is 1. The fraction of sp³-hybridized carbons (Fsp3) is 0.125. The Morgan fingerprint density at radius 1 is 1.05 bits per heavy atom. The number of nitrogens with one attached hydrogen (secondary N) is 1. The van der Waals surface area contributed by atoms with Gasteiger partial charge in [-0.1, -0.05) is 30.3 Å².